The molecule has 4 saturated carbocycles. The fraction of sp³-hybridized carbons (Fsp3) is 1.00. The quantitative estimate of drug-likeness (QED) is 0.763. The maximum atomic E-state index is 10.5. The molecule has 24 heavy (non-hydrogen) atoms. The highest BCUT2D eigenvalue weighted by Crippen LogP contribution is 2.65. The number of aliphatic hydroxyl groups excluding tert-OH is 1. The lowest BCUT2D eigenvalue weighted by atomic mass is 9.49. The van der Waals surface area contributed by atoms with Crippen LogP contribution in [-0.2, 0) is 0 Å². The van der Waals surface area contributed by atoms with Gasteiger partial charge in [-0.2, -0.15) is 0 Å². The molecule has 138 valence electrons. The second kappa shape index (κ2) is 5.98. The van der Waals surface area contributed by atoms with E-state index in [0.29, 0.717) is 5.41 Å². The summed E-state index contributed by atoms with van der Waals surface area (Å²) in [6, 6.07) is 0. The van der Waals surface area contributed by atoms with Crippen LogP contribution in [0.5, 0.6) is 0 Å². The molecule has 4 rings (SSSR count). The minimum absolute atomic E-state index is 0.139. The predicted octanol–water partition coefficient (Wildman–Crippen LogP) is 4.78. The van der Waals surface area contributed by atoms with Crippen molar-refractivity contribution in [2.45, 2.75) is 96.7 Å². The average Bonchev–Trinajstić information content (AvgIpc) is 2.82. The maximum Gasteiger partial charge on any atom is 0.0622 e. The molecule has 0 aromatic heterocycles. The fourth-order valence-electron chi connectivity index (χ4n) is 7.99. The second-order valence-electron chi connectivity index (χ2n) is 10.6. The van der Waals surface area contributed by atoms with Crippen LogP contribution in [0.2, 0.25) is 0 Å². The van der Waals surface area contributed by atoms with Gasteiger partial charge in [-0.1, -0.05) is 6.92 Å². The molecule has 0 aromatic rings. The smallest absolute Gasteiger partial charge is 0.0622 e. The molecule has 9 unspecified atom stereocenters. The molecule has 0 aromatic carbocycles. The third-order valence-corrected chi connectivity index (χ3v) is 9.06. The van der Waals surface area contributed by atoms with E-state index in [9.17, 15) is 10.2 Å². The molecule has 0 aliphatic heterocycles. The predicted molar refractivity (Wildman–Crippen MR) is 97.5 cm³/mol. The molecule has 2 heteroatoms. The molecule has 0 amide bonds. The van der Waals surface area contributed by atoms with Gasteiger partial charge < -0.3 is 10.2 Å². The van der Waals surface area contributed by atoms with E-state index in [4.69, 9.17) is 0 Å². The van der Waals surface area contributed by atoms with Gasteiger partial charge in [0.15, 0.2) is 0 Å². The van der Waals surface area contributed by atoms with Crippen molar-refractivity contribution in [3.8, 4) is 0 Å². The van der Waals surface area contributed by atoms with E-state index < -0.39 is 5.60 Å². The van der Waals surface area contributed by atoms with Crippen LogP contribution in [0.1, 0.15) is 85.0 Å². The Morgan fingerprint density at radius 2 is 1.67 bits per heavy atom. The standard InChI is InChI=1S/C22H38O2/c1-14(23)12-16-5-7-20-19-6-4-15-13-21(2,24)10-8-17(15)18(19)9-11-22(16,20)3/h14-20,23-24H,4-13H2,1-3H3. The van der Waals surface area contributed by atoms with Crippen LogP contribution < -0.4 is 0 Å². The lowest BCUT2D eigenvalue weighted by Crippen LogP contribution is -2.50. The number of hydrogen-bond donors (Lipinski definition) is 2. The van der Waals surface area contributed by atoms with Crippen molar-refractivity contribution in [3.05, 3.63) is 0 Å². The minimum Gasteiger partial charge on any atom is -0.393 e. The molecule has 2 nitrogen and oxygen atoms in total. The number of hydrogen-bond acceptors (Lipinski definition) is 2. The highest BCUT2D eigenvalue weighted by atomic mass is 16.3. The maximum absolute atomic E-state index is 10.5. The van der Waals surface area contributed by atoms with Crippen molar-refractivity contribution < 1.29 is 10.2 Å². The van der Waals surface area contributed by atoms with Gasteiger partial charge in [-0.15, -0.1) is 0 Å². The normalized spacial score (nSPS) is 55.4. The van der Waals surface area contributed by atoms with Crippen LogP contribution in [0, 0.1) is 40.9 Å². The monoisotopic (exact) mass is 334 g/mol. The summed E-state index contributed by atoms with van der Waals surface area (Å²) in [4.78, 5) is 0. The molecule has 4 aliphatic rings. The van der Waals surface area contributed by atoms with Crippen molar-refractivity contribution in [2.24, 2.45) is 40.9 Å². The third-order valence-electron chi connectivity index (χ3n) is 9.06. The van der Waals surface area contributed by atoms with E-state index in [0.717, 1.165) is 54.8 Å². The first-order valence-electron chi connectivity index (χ1n) is 10.7. The van der Waals surface area contributed by atoms with Crippen molar-refractivity contribution >= 4 is 0 Å². The van der Waals surface area contributed by atoms with E-state index in [2.05, 4.69) is 13.8 Å². The summed E-state index contributed by atoms with van der Waals surface area (Å²) in [6.45, 7) is 6.60. The second-order valence-corrected chi connectivity index (χ2v) is 10.6. The highest BCUT2D eigenvalue weighted by molar-refractivity contribution is 5.06. The fourth-order valence-corrected chi connectivity index (χ4v) is 7.99. The van der Waals surface area contributed by atoms with Gasteiger partial charge in [0.25, 0.3) is 0 Å². The van der Waals surface area contributed by atoms with Crippen LogP contribution in [0.4, 0.5) is 0 Å². The topological polar surface area (TPSA) is 40.5 Å². The summed E-state index contributed by atoms with van der Waals surface area (Å²) >= 11 is 0. The largest absolute Gasteiger partial charge is 0.393 e. The summed E-state index contributed by atoms with van der Waals surface area (Å²) in [5, 5.41) is 20.4. The van der Waals surface area contributed by atoms with Gasteiger partial charge in [0.05, 0.1) is 11.7 Å². The lowest BCUT2D eigenvalue weighted by molar-refractivity contribution is -0.101. The average molecular weight is 335 g/mol. The Kier molecular flexibility index (Phi) is 4.32. The molecular weight excluding hydrogens is 296 g/mol. The first-order chi connectivity index (χ1) is 11.3. The lowest BCUT2D eigenvalue weighted by Gasteiger charge is -2.57. The summed E-state index contributed by atoms with van der Waals surface area (Å²) in [7, 11) is 0. The van der Waals surface area contributed by atoms with E-state index in [1.54, 1.807) is 0 Å². The Morgan fingerprint density at radius 1 is 0.917 bits per heavy atom. The zero-order chi connectivity index (χ0) is 17.1. The van der Waals surface area contributed by atoms with Crippen molar-refractivity contribution in [1.29, 1.82) is 0 Å². The Balaban J connectivity index is 1.51. The molecule has 0 bridgehead atoms. The third kappa shape index (κ3) is 2.76. The molecule has 9 atom stereocenters. The Morgan fingerprint density at radius 3 is 2.42 bits per heavy atom. The molecule has 0 spiro atoms. The molecule has 4 fully saturated rings. The molecule has 2 N–H and O–H groups in total. The van der Waals surface area contributed by atoms with Gasteiger partial charge in [0.2, 0.25) is 0 Å². The van der Waals surface area contributed by atoms with E-state index in [1.807, 2.05) is 6.92 Å². The minimum atomic E-state index is -0.396. The van der Waals surface area contributed by atoms with Crippen LogP contribution in [-0.4, -0.2) is 21.9 Å². The number of fused-ring (bicyclic) bond motifs is 5. The SMILES string of the molecule is CC(O)CC1CCC2C3CCC4CC(C)(O)CCC4C3CCC12C. The molecule has 0 radical (unpaired) electrons. The summed E-state index contributed by atoms with van der Waals surface area (Å²) in [6.07, 6.45) is 12.5. The first-order valence-corrected chi connectivity index (χ1v) is 10.7. The van der Waals surface area contributed by atoms with E-state index in [-0.39, 0.29) is 6.10 Å². The zero-order valence-electron chi connectivity index (χ0n) is 16.0. The van der Waals surface area contributed by atoms with Crippen LogP contribution in [0.25, 0.3) is 0 Å². The molecule has 4 aliphatic carbocycles. The van der Waals surface area contributed by atoms with Crippen LogP contribution >= 0.6 is 0 Å². The van der Waals surface area contributed by atoms with E-state index in [1.165, 1.54) is 44.9 Å². The highest BCUT2D eigenvalue weighted by Gasteiger charge is 2.57. The van der Waals surface area contributed by atoms with Crippen LogP contribution in [0.15, 0.2) is 0 Å². The van der Waals surface area contributed by atoms with Crippen molar-refractivity contribution in [3.63, 3.8) is 0 Å². The van der Waals surface area contributed by atoms with Gasteiger partial charge in [0.1, 0.15) is 0 Å². The first kappa shape index (κ1) is 17.3. The molecular formula is C22H38O2. The van der Waals surface area contributed by atoms with Gasteiger partial charge in [-0.05, 0) is 119 Å². The number of aliphatic hydroxyl groups is 2. The van der Waals surface area contributed by atoms with E-state index >= 15 is 0 Å². The Labute approximate surface area is 148 Å². The summed E-state index contributed by atoms with van der Waals surface area (Å²) in [5.41, 5.74) is 0.0953. The van der Waals surface area contributed by atoms with Gasteiger partial charge >= 0.3 is 0 Å². The van der Waals surface area contributed by atoms with Crippen LogP contribution in [0.3, 0.4) is 0 Å². The number of rotatable bonds is 2. The summed E-state index contributed by atoms with van der Waals surface area (Å²) in [5.74, 6) is 5.20. The Hall–Kier alpha value is -0.0800. The van der Waals surface area contributed by atoms with Crippen molar-refractivity contribution in [2.75, 3.05) is 0 Å². The van der Waals surface area contributed by atoms with Gasteiger partial charge in [-0.25, -0.2) is 0 Å². The molecule has 0 heterocycles. The van der Waals surface area contributed by atoms with Gasteiger partial charge in [-0.3, -0.25) is 0 Å². The Bertz CT molecular complexity index is 471. The summed E-state index contributed by atoms with van der Waals surface area (Å²) < 4.78 is 0. The van der Waals surface area contributed by atoms with Crippen molar-refractivity contribution in [1.82, 2.24) is 0 Å². The van der Waals surface area contributed by atoms with Gasteiger partial charge in [0, 0.05) is 0 Å². The molecule has 0 saturated heterocycles. The zero-order valence-corrected chi connectivity index (χ0v) is 16.0.